The molecule has 1 aromatic rings. The Morgan fingerprint density at radius 2 is 2.14 bits per heavy atom. The molecule has 0 aromatic heterocycles. The zero-order chi connectivity index (χ0) is 20.4. The Kier molecular flexibility index (Phi) is 6.12. The molecule has 0 unspecified atom stereocenters. The number of ether oxygens (including phenoxy) is 1. The van der Waals surface area contributed by atoms with Gasteiger partial charge in [-0.15, -0.1) is 0 Å². The monoisotopic (exact) mass is 404 g/mol. The van der Waals surface area contributed by atoms with Crippen LogP contribution in [0.5, 0.6) is 0 Å². The third kappa shape index (κ3) is 4.60. The van der Waals surface area contributed by atoms with Crippen LogP contribution in [0, 0.1) is 11.7 Å². The van der Waals surface area contributed by atoms with Crippen LogP contribution in [0.15, 0.2) is 18.2 Å². The number of halogens is 1. The van der Waals surface area contributed by atoms with Crippen molar-refractivity contribution in [3.8, 4) is 0 Å². The SMILES string of the molecule is NC[C@H](C(=O)Nc1ccc(N2CCOCC2=O)cc1F)N(CC1CCC1)C1CC1. The van der Waals surface area contributed by atoms with Gasteiger partial charge in [-0.3, -0.25) is 14.5 Å². The second-order valence-electron chi connectivity index (χ2n) is 8.23. The third-order valence-corrected chi connectivity index (χ3v) is 6.14. The highest BCUT2D eigenvalue weighted by molar-refractivity contribution is 5.97. The molecule has 2 amide bonds. The van der Waals surface area contributed by atoms with E-state index in [9.17, 15) is 14.0 Å². The van der Waals surface area contributed by atoms with Gasteiger partial charge in [0.05, 0.1) is 12.3 Å². The van der Waals surface area contributed by atoms with Crippen LogP contribution in [0.3, 0.4) is 0 Å². The summed E-state index contributed by atoms with van der Waals surface area (Å²) in [5.74, 6) is -0.401. The number of morpholine rings is 1. The van der Waals surface area contributed by atoms with E-state index in [0.29, 0.717) is 30.8 Å². The molecule has 3 fully saturated rings. The number of benzene rings is 1. The number of carbonyl (C=O) groups excluding carboxylic acids is 2. The normalized spacial score (nSPS) is 21.2. The van der Waals surface area contributed by atoms with Crippen molar-refractivity contribution in [1.29, 1.82) is 0 Å². The number of nitrogens with two attached hydrogens (primary N) is 1. The summed E-state index contributed by atoms with van der Waals surface area (Å²) in [4.78, 5) is 28.6. The van der Waals surface area contributed by atoms with Crippen LogP contribution < -0.4 is 16.0 Å². The van der Waals surface area contributed by atoms with Crippen LogP contribution in [-0.2, 0) is 14.3 Å². The number of amides is 2. The van der Waals surface area contributed by atoms with Crippen molar-refractivity contribution in [1.82, 2.24) is 4.90 Å². The fourth-order valence-electron chi connectivity index (χ4n) is 4.08. The van der Waals surface area contributed by atoms with E-state index in [-0.39, 0.29) is 30.7 Å². The first-order chi connectivity index (χ1) is 14.1. The van der Waals surface area contributed by atoms with Gasteiger partial charge in [0, 0.05) is 31.4 Å². The summed E-state index contributed by atoms with van der Waals surface area (Å²) in [6.07, 6.45) is 5.85. The minimum absolute atomic E-state index is 0.00369. The van der Waals surface area contributed by atoms with Crippen LogP contribution in [0.4, 0.5) is 15.8 Å². The molecule has 29 heavy (non-hydrogen) atoms. The number of nitrogens with zero attached hydrogens (tertiary/aromatic N) is 2. The van der Waals surface area contributed by atoms with E-state index in [4.69, 9.17) is 10.5 Å². The predicted molar refractivity (Wildman–Crippen MR) is 108 cm³/mol. The summed E-state index contributed by atoms with van der Waals surface area (Å²) in [7, 11) is 0. The predicted octanol–water partition coefficient (Wildman–Crippen LogP) is 1.72. The number of carbonyl (C=O) groups is 2. The van der Waals surface area contributed by atoms with Crippen molar-refractivity contribution in [2.24, 2.45) is 11.7 Å². The topological polar surface area (TPSA) is 87.9 Å². The number of rotatable bonds is 8. The van der Waals surface area contributed by atoms with Gasteiger partial charge in [-0.1, -0.05) is 6.42 Å². The Labute approximate surface area is 170 Å². The number of hydrogen-bond donors (Lipinski definition) is 2. The van der Waals surface area contributed by atoms with E-state index < -0.39 is 11.9 Å². The van der Waals surface area contributed by atoms with E-state index in [0.717, 1.165) is 19.4 Å². The lowest BCUT2D eigenvalue weighted by Crippen LogP contribution is -2.51. The Balaban J connectivity index is 1.44. The third-order valence-electron chi connectivity index (χ3n) is 6.14. The fourth-order valence-corrected chi connectivity index (χ4v) is 4.08. The van der Waals surface area contributed by atoms with Crippen LogP contribution in [0.2, 0.25) is 0 Å². The van der Waals surface area contributed by atoms with Crippen LogP contribution in [0.1, 0.15) is 32.1 Å². The second kappa shape index (κ2) is 8.77. The molecule has 8 heteroatoms. The van der Waals surface area contributed by atoms with Gasteiger partial charge in [-0.25, -0.2) is 4.39 Å². The van der Waals surface area contributed by atoms with Crippen molar-refractivity contribution in [3.63, 3.8) is 0 Å². The zero-order valence-corrected chi connectivity index (χ0v) is 16.6. The molecule has 3 N–H and O–H groups in total. The number of anilines is 2. The van der Waals surface area contributed by atoms with Crippen molar-refractivity contribution < 1.29 is 18.7 Å². The number of hydrogen-bond acceptors (Lipinski definition) is 5. The maximum Gasteiger partial charge on any atom is 0.253 e. The lowest BCUT2D eigenvalue weighted by molar-refractivity contribution is -0.125. The van der Waals surface area contributed by atoms with Gasteiger partial charge in [-0.05, 0) is 49.8 Å². The fraction of sp³-hybridized carbons (Fsp3) is 0.619. The van der Waals surface area contributed by atoms with E-state index >= 15 is 0 Å². The molecule has 2 aliphatic carbocycles. The molecule has 0 radical (unpaired) electrons. The molecule has 7 nitrogen and oxygen atoms in total. The molecule has 3 aliphatic rings. The first-order valence-corrected chi connectivity index (χ1v) is 10.5. The summed E-state index contributed by atoms with van der Waals surface area (Å²) < 4.78 is 19.8. The standard InChI is InChI=1S/C21H29FN4O3/c22-17-10-16(25-8-9-29-13-20(25)27)6-7-18(17)24-21(28)19(11-23)26(15-4-5-15)12-14-2-1-3-14/h6-7,10,14-15,19H,1-5,8-9,11-13,23H2,(H,24,28)/t19-/m1/s1. The smallest absolute Gasteiger partial charge is 0.253 e. The molecule has 0 bridgehead atoms. The number of nitrogens with one attached hydrogen (secondary N) is 1. The quantitative estimate of drug-likeness (QED) is 0.689. The van der Waals surface area contributed by atoms with Gasteiger partial charge in [0.2, 0.25) is 5.91 Å². The van der Waals surface area contributed by atoms with Crippen molar-refractivity contribution >= 4 is 23.2 Å². The first-order valence-electron chi connectivity index (χ1n) is 10.5. The average Bonchev–Trinajstić information content (AvgIpc) is 3.50. The first kappa shape index (κ1) is 20.3. The van der Waals surface area contributed by atoms with E-state index in [1.165, 1.54) is 36.3 Å². The highest BCUT2D eigenvalue weighted by atomic mass is 19.1. The maximum atomic E-state index is 14.7. The van der Waals surface area contributed by atoms with Gasteiger partial charge in [0.25, 0.3) is 5.91 Å². The summed E-state index contributed by atoms with van der Waals surface area (Å²) >= 11 is 0. The molecular weight excluding hydrogens is 375 g/mol. The molecule has 1 heterocycles. The van der Waals surface area contributed by atoms with Crippen LogP contribution in [-0.4, -0.2) is 61.6 Å². The minimum Gasteiger partial charge on any atom is -0.370 e. The molecule has 4 rings (SSSR count). The Morgan fingerprint density at radius 3 is 2.72 bits per heavy atom. The Bertz CT molecular complexity index is 766. The molecular formula is C21H29FN4O3. The van der Waals surface area contributed by atoms with Crippen molar-refractivity contribution in [3.05, 3.63) is 24.0 Å². The molecule has 1 aromatic carbocycles. The molecule has 2 saturated carbocycles. The minimum atomic E-state index is -0.567. The summed E-state index contributed by atoms with van der Waals surface area (Å²) in [6.45, 7) is 1.90. The lowest BCUT2D eigenvalue weighted by Gasteiger charge is -2.36. The lowest BCUT2D eigenvalue weighted by atomic mass is 9.84. The average molecular weight is 404 g/mol. The van der Waals surface area contributed by atoms with E-state index in [2.05, 4.69) is 10.2 Å². The molecule has 1 aliphatic heterocycles. The molecule has 1 atom stereocenters. The van der Waals surface area contributed by atoms with Crippen LogP contribution in [0.25, 0.3) is 0 Å². The second-order valence-corrected chi connectivity index (χ2v) is 8.23. The van der Waals surface area contributed by atoms with E-state index in [1.807, 2.05) is 0 Å². The maximum absolute atomic E-state index is 14.7. The molecule has 1 saturated heterocycles. The highest BCUT2D eigenvalue weighted by Gasteiger charge is 2.38. The molecule has 0 spiro atoms. The highest BCUT2D eigenvalue weighted by Crippen LogP contribution is 2.34. The summed E-state index contributed by atoms with van der Waals surface area (Å²) in [5.41, 5.74) is 6.53. The van der Waals surface area contributed by atoms with Gasteiger partial charge in [0.15, 0.2) is 0 Å². The van der Waals surface area contributed by atoms with E-state index in [1.54, 1.807) is 6.07 Å². The van der Waals surface area contributed by atoms with Gasteiger partial charge < -0.3 is 20.7 Å². The van der Waals surface area contributed by atoms with Crippen molar-refractivity contribution in [2.75, 3.05) is 43.1 Å². The van der Waals surface area contributed by atoms with Crippen molar-refractivity contribution in [2.45, 2.75) is 44.2 Å². The summed E-state index contributed by atoms with van der Waals surface area (Å²) in [5, 5.41) is 2.71. The molecule has 158 valence electrons. The van der Waals surface area contributed by atoms with Gasteiger partial charge >= 0.3 is 0 Å². The Hall–Kier alpha value is -2.03. The van der Waals surface area contributed by atoms with Crippen LogP contribution >= 0.6 is 0 Å². The zero-order valence-electron chi connectivity index (χ0n) is 16.6. The van der Waals surface area contributed by atoms with Gasteiger partial charge in [-0.2, -0.15) is 0 Å². The summed E-state index contributed by atoms with van der Waals surface area (Å²) in [6, 6.07) is 4.39. The van der Waals surface area contributed by atoms with Gasteiger partial charge in [0.1, 0.15) is 18.5 Å². The largest absolute Gasteiger partial charge is 0.370 e. The Morgan fingerprint density at radius 1 is 1.34 bits per heavy atom.